The number of carbonyl (C=O) groups excluding carboxylic acids is 1. The van der Waals surface area contributed by atoms with E-state index in [1.807, 2.05) is 12.1 Å². The maximum Gasteiger partial charge on any atom is 0.266 e. The van der Waals surface area contributed by atoms with Crippen molar-refractivity contribution >= 4 is 44.6 Å². The van der Waals surface area contributed by atoms with Gasteiger partial charge in [0.1, 0.15) is 4.88 Å². The molecule has 2 aromatic rings. The molecule has 1 aliphatic heterocycles. The summed E-state index contributed by atoms with van der Waals surface area (Å²) >= 11 is 7.34. The molecule has 0 unspecified atom stereocenters. The molecule has 1 amide bonds. The highest BCUT2D eigenvalue weighted by atomic mass is 35.5. The molecular weight excluding hydrogens is 296 g/mol. The average Bonchev–Trinajstić information content (AvgIpc) is 2.75. The molecule has 1 aliphatic rings. The molecule has 1 aromatic heterocycles. The quantitative estimate of drug-likeness (QED) is 0.851. The molecule has 1 saturated heterocycles. The SMILES string of the molecule is Nc1c(C(=O)N2CCC(O)CC2)sc2cc(Cl)ccc12. The third-order valence-electron chi connectivity index (χ3n) is 3.64. The summed E-state index contributed by atoms with van der Waals surface area (Å²) in [5.41, 5.74) is 6.62. The van der Waals surface area contributed by atoms with E-state index >= 15 is 0 Å². The minimum absolute atomic E-state index is 0.0493. The molecule has 0 atom stereocenters. The third-order valence-corrected chi connectivity index (χ3v) is 5.03. The lowest BCUT2D eigenvalue weighted by Crippen LogP contribution is -2.39. The van der Waals surface area contributed by atoms with Gasteiger partial charge in [-0.25, -0.2) is 0 Å². The van der Waals surface area contributed by atoms with Gasteiger partial charge in [0.05, 0.1) is 11.8 Å². The number of thiophene rings is 1. The van der Waals surface area contributed by atoms with Crippen LogP contribution in [0.25, 0.3) is 10.1 Å². The van der Waals surface area contributed by atoms with Gasteiger partial charge < -0.3 is 15.7 Å². The predicted molar refractivity (Wildman–Crippen MR) is 82.4 cm³/mol. The van der Waals surface area contributed by atoms with Crippen LogP contribution in [-0.4, -0.2) is 35.1 Å². The summed E-state index contributed by atoms with van der Waals surface area (Å²) in [5, 5.41) is 11.0. The van der Waals surface area contributed by atoms with Crippen molar-refractivity contribution in [2.75, 3.05) is 18.8 Å². The molecule has 3 rings (SSSR count). The largest absolute Gasteiger partial charge is 0.397 e. The second-order valence-corrected chi connectivity index (χ2v) is 6.50. The first-order valence-corrected chi connectivity index (χ1v) is 7.70. The maximum absolute atomic E-state index is 12.5. The van der Waals surface area contributed by atoms with E-state index in [4.69, 9.17) is 17.3 Å². The number of hydrogen-bond acceptors (Lipinski definition) is 4. The number of aliphatic hydroxyl groups is 1. The molecule has 1 aromatic carbocycles. The first kappa shape index (κ1) is 13.7. The molecule has 3 N–H and O–H groups in total. The highest BCUT2D eigenvalue weighted by Crippen LogP contribution is 2.36. The molecule has 0 bridgehead atoms. The Morgan fingerprint density at radius 1 is 1.40 bits per heavy atom. The number of aliphatic hydroxyl groups excluding tert-OH is 1. The Labute approximate surface area is 125 Å². The number of halogens is 1. The Hall–Kier alpha value is -1.30. The summed E-state index contributed by atoms with van der Waals surface area (Å²) in [7, 11) is 0. The zero-order valence-electron chi connectivity index (χ0n) is 10.8. The van der Waals surface area contributed by atoms with E-state index in [1.165, 1.54) is 11.3 Å². The van der Waals surface area contributed by atoms with Gasteiger partial charge >= 0.3 is 0 Å². The minimum Gasteiger partial charge on any atom is -0.397 e. The van der Waals surface area contributed by atoms with Crippen molar-refractivity contribution in [2.45, 2.75) is 18.9 Å². The number of likely N-dealkylation sites (tertiary alicyclic amines) is 1. The number of nitrogen functional groups attached to an aromatic ring is 1. The van der Waals surface area contributed by atoms with Crippen LogP contribution in [0, 0.1) is 0 Å². The molecule has 6 heteroatoms. The number of nitrogens with zero attached hydrogens (tertiary/aromatic N) is 1. The van der Waals surface area contributed by atoms with Gasteiger partial charge in [-0.05, 0) is 31.0 Å². The Morgan fingerprint density at radius 2 is 2.10 bits per heavy atom. The topological polar surface area (TPSA) is 66.6 Å². The molecule has 0 aliphatic carbocycles. The molecule has 0 radical (unpaired) electrons. The normalized spacial score (nSPS) is 16.8. The fourth-order valence-corrected chi connectivity index (χ4v) is 3.83. The second-order valence-electron chi connectivity index (χ2n) is 5.01. The summed E-state index contributed by atoms with van der Waals surface area (Å²) in [6, 6.07) is 5.45. The van der Waals surface area contributed by atoms with Gasteiger partial charge in [-0.1, -0.05) is 11.6 Å². The van der Waals surface area contributed by atoms with Gasteiger partial charge in [0.2, 0.25) is 0 Å². The van der Waals surface area contributed by atoms with E-state index in [1.54, 1.807) is 11.0 Å². The number of piperidine rings is 1. The number of carbonyl (C=O) groups is 1. The van der Waals surface area contributed by atoms with Gasteiger partial charge in [0.15, 0.2) is 0 Å². The number of anilines is 1. The number of rotatable bonds is 1. The van der Waals surface area contributed by atoms with E-state index in [-0.39, 0.29) is 12.0 Å². The number of benzene rings is 1. The lowest BCUT2D eigenvalue weighted by molar-refractivity contribution is 0.0551. The second kappa shape index (κ2) is 5.24. The van der Waals surface area contributed by atoms with Crippen molar-refractivity contribution in [3.8, 4) is 0 Å². The van der Waals surface area contributed by atoms with Gasteiger partial charge in [-0.15, -0.1) is 11.3 Å². The van der Waals surface area contributed by atoms with Gasteiger partial charge in [0, 0.05) is 28.2 Å². The molecule has 2 heterocycles. The van der Waals surface area contributed by atoms with Gasteiger partial charge in [-0.2, -0.15) is 0 Å². The van der Waals surface area contributed by atoms with E-state index in [9.17, 15) is 9.90 Å². The molecule has 106 valence electrons. The zero-order valence-corrected chi connectivity index (χ0v) is 12.4. The molecule has 1 fully saturated rings. The summed E-state index contributed by atoms with van der Waals surface area (Å²) in [4.78, 5) is 14.9. The third kappa shape index (κ3) is 2.37. The van der Waals surface area contributed by atoms with Crippen LogP contribution in [-0.2, 0) is 0 Å². The number of amides is 1. The van der Waals surface area contributed by atoms with Crippen LogP contribution < -0.4 is 5.73 Å². The van der Waals surface area contributed by atoms with E-state index in [0.29, 0.717) is 41.5 Å². The van der Waals surface area contributed by atoms with Crippen molar-refractivity contribution < 1.29 is 9.90 Å². The van der Waals surface area contributed by atoms with Crippen LogP contribution in [0.2, 0.25) is 5.02 Å². The summed E-state index contributed by atoms with van der Waals surface area (Å²) in [6.45, 7) is 1.16. The van der Waals surface area contributed by atoms with Crippen LogP contribution in [0.3, 0.4) is 0 Å². The van der Waals surface area contributed by atoms with Crippen LogP contribution in [0.1, 0.15) is 22.5 Å². The number of fused-ring (bicyclic) bond motifs is 1. The molecule has 4 nitrogen and oxygen atoms in total. The molecular formula is C14H15ClN2O2S. The Bertz CT molecular complexity index is 662. The highest BCUT2D eigenvalue weighted by molar-refractivity contribution is 7.21. The lowest BCUT2D eigenvalue weighted by Gasteiger charge is -2.29. The van der Waals surface area contributed by atoms with Gasteiger partial charge in [0.25, 0.3) is 5.91 Å². The Morgan fingerprint density at radius 3 is 2.80 bits per heavy atom. The fourth-order valence-electron chi connectivity index (χ4n) is 2.46. The van der Waals surface area contributed by atoms with Crippen molar-refractivity contribution in [3.05, 3.63) is 28.1 Å². The predicted octanol–water partition coefficient (Wildman–Crippen LogP) is 2.73. The van der Waals surface area contributed by atoms with Crippen molar-refractivity contribution in [1.29, 1.82) is 0 Å². The maximum atomic E-state index is 12.5. The Kier molecular flexibility index (Phi) is 3.58. The smallest absolute Gasteiger partial charge is 0.266 e. The lowest BCUT2D eigenvalue weighted by atomic mass is 10.1. The van der Waals surface area contributed by atoms with Crippen molar-refractivity contribution in [1.82, 2.24) is 4.90 Å². The minimum atomic E-state index is -0.294. The Balaban J connectivity index is 1.93. The van der Waals surface area contributed by atoms with Crippen LogP contribution in [0.4, 0.5) is 5.69 Å². The van der Waals surface area contributed by atoms with Gasteiger partial charge in [-0.3, -0.25) is 4.79 Å². The highest BCUT2D eigenvalue weighted by Gasteiger charge is 2.25. The van der Waals surface area contributed by atoms with E-state index < -0.39 is 0 Å². The van der Waals surface area contributed by atoms with E-state index in [2.05, 4.69) is 0 Å². The summed E-state index contributed by atoms with van der Waals surface area (Å²) < 4.78 is 0.926. The first-order chi connectivity index (χ1) is 9.56. The van der Waals surface area contributed by atoms with Crippen molar-refractivity contribution in [3.63, 3.8) is 0 Å². The fraction of sp³-hybridized carbons (Fsp3) is 0.357. The first-order valence-electron chi connectivity index (χ1n) is 6.51. The van der Waals surface area contributed by atoms with Crippen molar-refractivity contribution in [2.24, 2.45) is 0 Å². The van der Waals surface area contributed by atoms with E-state index in [0.717, 1.165) is 10.1 Å². The zero-order chi connectivity index (χ0) is 14.3. The van der Waals surface area contributed by atoms with Crippen LogP contribution in [0.5, 0.6) is 0 Å². The average molecular weight is 311 g/mol. The van der Waals surface area contributed by atoms with Crippen LogP contribution in [0.15, 0.2) is 18.2 Å². The number of hydrogen-bond donors (Lipinski definition) is 2. The molecule has 0 saturated carbocycles. The molecule has 0 spiro atoms. The van der Waals surface area contributed by atoms with Crippen LogP contribution >= 0.6 is 22.9 Å². The number of nitrogens with two attached hydrogens (primary N) is 1. The monoisotopic (exact) mass is 310 g/mol. The molecule has 20 heavy (non-hydrogen) atoms. The summed E-state index contributed by atoms with van der Waals surface area (Å²) in [5.74, 6) is -0.0493. The summed E-state index contributed by atoms with van der Waals surface area (Å²) in [6.07, 6.45) is 0.961. The standard InChI is InChI=1S/C14H15ClN2O2S/c15-8-1-2-10-11(7-8)20-13(12(10)16)14(19)17-5-3-9(18)4-6-17/h1-2,7,9,18H,3-6,16H2.